The van der Waals surface area contributed by atoms with Crippen molar-refractivity contribution < 1.29 is 32.2 Å². The largest absolute Gasteiger partial charge is 0.439 e. The number of carbonyl (C=O) groups is 1. The number of benzene rings is 2. The lowest BCUT2D eigenvalue weighted by Crippen LogP contribution is -2.35. The lowest BCUT2D eigenvalue weighted by molar-refractivity contribution is -0.137. The summed E-state index contributed by atoms with van der Waals surface area (Å²) in [5.41, 5.74) is 4.97. The molecule has 1 atom stereocenters. The van der Waals surface area contributed by atoms with Crippen LogP contribution < -0.4 is 20.3 Å². The van der Waals surface area contributed by atoms with E-state index in [4.69, 9.17) is 10.5 Å². The number of β-amino-alcohol motifs (C(OH)–C–C–N with tert-alkyl or cyclic N) is 1. The van der Waals surface area contributed by atoms with Crippen LogP contribution in [-0.2, 0) is 12.6 Å². The highest BCUT2D eigenvalue weighted by Gasteiger charge is 2.40. The number of alkyl halides is 3. The number of aliphatic hydroxyl groups excluding tert-OH is 1. The molecule has 0 aliphatic carbocycles. The fourth-order valence-electron chi connectivity index (χ4n) is 3.59. The molecule has 0 spiro atoms. The fourth-order valence-corrected chi connectivity index (χ4v) is 3.59. The van der Waals surface area contributed by atoms with Crippen LogP contribution in [0.5, 0.6) is 11.6 Å². The number of nitrogens with two attached hydrogens (primary N) is 1. The number of halogens is 4. The van der Waals surface area contributed by atoms with Crippen LogP contribution in [0.25, 0.3) is 0 Å². The monoisotopic (exact) mass is 477 g/mol. The summed E-state index contributed by atoms with van der Waals surface area (Å²) in [7, 11) is 0. The maximum atomic E-state index is 13.9. The summed E-state index contributed by atoms with van der Waals surface area (Å²) in [6.45, 7) is 1.50. The van der Waals surface area contributed by atoms with Gasteiger partial charge in [-0.3, -0.25) is 9.80 Å². The Balaban J connectivity index is 1.63. The highest BCUT2D eigenvalue weighted by molar-refractivity contribution is 6.06. The van der Waals surface area contributed by atoms with Crippen molar-refractivity contribution in [2.24, 2.45) is 0 Å². The summed E-state index contributed by atoms with van der Waals surface area (Å²) >= 11 is 0. The van der Waals surface area contributed by atoms with E-state index in [1.807, 2.05) is 6.92 Å². The molecule has 2 heterocycles. The third kappa shape index (κ3) is 4.57. The minimum Gasteiger partial charge on any atom is -0.439 e. The predicted molar refractivity (Wildman–Crippen MR) is 115 cm³/mol. The van der Waals surface area contributed by atoms with Crippen molar-refractivity contribution in [1.29, 1.82) is 0 Å². The molecular formula is C22H19F4N5O3. The van der Waals surface area contributed by atoms with Gasteiger partial charge < -0.3 is 15.6 Å². The van der Waals surface area contributed by atoms with Crippen LogP contribution in [0, 0.1) is 5.82 Å². The van der Waals surface area contributed by atoms with Gasteiger partial charge in [-0.1, -0.05) is 6.92 Å². The number of rotatable bonds is 5. The summed E-state index contributed by atoms with van der Waals surface area (Å²) in [4.78, 5) is 22.7. The minimum atomic E-state index is -4.79. The van der Waals surface area contributed by atoms with Crippen LogP contribution in [0.4, 0.5) is 39.7 Å². The van der Waals surface area contributed by atoms with Crippen molar-refractivity contribution in [2.45, 2.75) is 25.7 Å². The molecule has 1 aliphatic rings. The molecule has 0 radical (unpaired) electrons. The normalized spacial score (nSPS) is 16.3. The van der Waals surface area contributed by atoms with Crippen molar-refractivity contribution in [3.05, 3.63) is 65.6 Å². The van der Waals surface area contributed by atoms with Gasteiger partial charge in [-0.05, 0) is 48.4 Å². The van der Waals surface area contributed by atoms with Gasteiger partial charge >= 0.3 is 12.2 Å². The van der Waals surface area contributed by atoms with Gasteiger partial charge in [-0.25, -0.2) is 14.2 Å². The molecule has 1 aromatic heterocycles. The first kappa shape index (κ1) is 23.2. The second kappa shape index (κ2) is 8.78. The smallest absolute Gasteiger partial charge is 0.416 e. The highest BCUT2D eigenvalue weighted by Crippen LogP contribution is 2.36. The minimum absolute atomic E-state index is 0.0316. The summed E-state index contributed by atoms with van der Waals surface area (Å²) < 4.78 is 58.9. The molecule has 34 heavy (non-hydrogen) atoms. The number of urea groups is 1. The summed E-state index contributed by atoms with van der Waals surface area (Å²) in [5, 5.41) is 10.5. The standard InChI is InChI=1S/C22H19F4N5O3/c1-2-12-7-15(3-4-17(12)34-18-5-6-28-20(27)29-18)31-19(32)11-30(21(31)33)16-9-13(22(24,25)26)8-14(23)10-16/h3-10,19,32H,2,11H2,1H3,(H2,27,28,29). The summed E-state index contributed by atoms with van der Waals surface area (Å²) in [6.07, 6.45) is -4.24. The molecule has 2 aromatic carbocycles. The Hall–Kier alpha value is -3.93. The number of aryl methyl sites for hydroxylation is 1. The molecule has 8 nitrogen and oxygen atoms in total. The van der Waals surface area contributed by atoms with Gasteiger partial charge in [0.05, 0.1) is 12.1 Å². The zero-order chi connectivity index (χ0) is 24.6. The van der Waals surface area contributed by atoms with E-state index in [0.717, 1.165) is 15.9 Å². The van der Waals surface area contributed by atoms with Crippen LogP contribution in [0.2, 0.25) is 0 Å². The quantitative estimate of drug-likeness (QED) is 0.530. The summed E-state index contributed by atoms with van der Waals surface area (Å²) in [6, 6.07) is 7.22. The number of hydrogen-bond acceptors (Lipinski definition) is 6. The SMILES string of the molecule is CCc1cc(N2C(=O)N(c3cc(F)cc(C(F)(F)F)c3)CC2O)ccc1Oc1ccnc(N)n1. The molecule has 3 aromatic rings. The van der Waals surface area contributed by atoms with Crippen molar-refractivity contribution in [3.63, 3.8) is 0 Å². The first-order valence-corrected chi connectivity index (χ1v) is 10.1. The van der Waals surface area contributed by atoms with Gasteiger partial charge in [0.2, 0.25) is 11.8 Å². The molecule has 1 saturated heterocycles. The molecule has 2 amide bonds. The van der Waals surface area contributed by atoms with Crippen LogP contribution in [-0.4, -0.2) is 33.9 Å². The second-order valence-electron chi connectivity index (χ2n) is 7.44. The van der Waals surface area contributed by atoms with Gasteiger partial charge in [0.15, 0.2) is 6.23 Å². The molecule has 12 heteroatoms. The Morgan fingerprint density at radius 3 is 2.62 bits per heavy atom. The molecule has 0 saturated carbocycles. The maximum absolute atomic E-state index is 13.9. The van der Waals surface area contributed by atoms with E-state index in [1.54, 1.807) is 12.1 Å². The maximum Gasteiger partial charge on any atom is 0.416 e. The van der Waals surface area contributed by atoms with E-state index in [1.165, 1.54) is 18.3 Å². The van der Waals surface area contributed by atoms with Gasteiger partial charge in [-0.15, -0.1) is 0 Å². The van der Waals surface area contributed by atoms with E-state index in [2.05, 4.69) is 9.97 Å². The molecule has 1 fully saturated rings. The Labute approximate surface area is 191 Å². The van der Waals surface area contributed by atoms with Crippen molar-refractivity contribution in [2.75, 3.05) is 22.1 Å². The number of carbonyl (C=O) groups excluding carboxylic acids is 1. The number of hydrogen-bond donors (Lipinski definition) is 2. The van der Waals surface area contributed by atoms with Crippen LogP contribution in [0.15, 0.2) is 48.7 Å². The Kier molecular flexibility index (Phi) is 6.00. The van der Waals surface area contributed by atoms with Gasteiger partial charge in [-0.2, -0.15) is 18.2 Å². The van der Waals surface area contributed by atoms with E-state index in [-0.39, 0.29) is 24.1 Å². The number of amides is 2. The lowest BCUT2D eigenvalue weighted by atomic mass is 10.1. The number of nitrogens with zero attached hydrogens (tertiary/aromatic N) is 4. The van der Waals surface area contributed by atoms with E-state index < -0.39 is 29.8 Å². The second-order valence-corrected chi connectivity index (χ2v) is 7.44. The number of anilines is 3. The number of ether oxygens (including phenoxy) is 1. The van der Waals surface area contributed by atoms with Crippen LogP contribution in [0.3, 0.4) is 0 Å². The topological polar surface area (TPSA) is 105 Å². The predicted octanol–water partition coefficient (Wildman–Crippen LogP) is 4.34. The third-order valence-corrected chi connectivity index (χ3v) is 5.17. The first-order valence-electron chi connectivity index (χ1n) is 10.1. The van der Waals surface area contributed by atoms with Crippen LogP contribution >= 0.6 is 0 Å². The van der Waals surface area contributed by atoms with Crippen LogP contribution in [0.1, 0.15) is 18.1 Å². The summed E-state index contributed by atoms with van der Waals surface area (Å²) in [5.74, 6) is -0.470. The van der Waals surface area contributed by atoms with Crippen molar-refractivity contribution in [3.8, 4) is 11.6 Å². The van der Waals surface area contributed by atoms with E-state index in [9.17, 15) is 27.5 Å². The Morgan fingerprint density at radius 1 is 1.18 bits per heavy atom. The number of aliphatic hydroxyl groups is 1. The average molecular weight is 477 g/mol. The van der Waals surface area contributed by atoms with E-state index in [0.29, 0.717) is 35.6 Å². The Morgan fingerprint density at radius 2 is 1.94 bits per heavy atom. The zero-order valence-electron chi connectivity index (χ0n) is 17.8. The molecular weight excluding hydrogens is 458 g/mol. The van der Waals surface area contributed by atoms with Gasteiger partial charge in [0.25, 0.3) is 0 Å². The zero-order valence-corrected chi connectivity index (χ0v) is 17.8. The lowest BCUT2D eigenvalue weighted by Gasteiger charge is -2.22. The Bertz CT molecular complexity index is 1240. The molecule has 4 rings (SSSR count). The first-order chi connectivity index (χ1) is 16.1. The van der Waals surface area contributed by atoms with Gasteiger partial charge in [0, 0.05) is 23.6 Å². The fraction of sp³-hybridized carbons (Fsp3) is 0.227. The molecule has 1 unspecified atom stereocenters. The third-order valence-electron chi connectivity index (χ3n) is 5.17. The van der Waals surface area contributed by atoms with Crippen molar-refractivity contribution in [1.82, 2.24) is 9.97 Å². The van der Waals surface area contributed by atoms with Gasteiger partial charge in [0.1, 0.15) is 11.6 Å². The number of nitrogen functional groups attached to an aromatic ring is 1. The molecule has 3 N–H and O–H groups in total. The highest BCUT2D eigenvalue weighted by atomic mass is 19.4. The van der Waals surface area contributed by atoms with E-state index >= 15 is 0 Å². The van der Waals surface area contributed by atoms with Crippen molar-refractivity contribution >= 4 is 23.4 Å². The average Bonchev–Trinajstić information content (AvgIpc) is 3.07. The molecule has 178 valence electrons. The molecule has 1 aliphatic heterocycles. The molecule has 0 bridgehead atoms. The number of aromatic nitrogens is 2.